The summed E-state index contributed by atoms with van der Waals surface area (Å²) in [4.78, 5) is 24.6. The number of carbonyl (C=O) groups is 2. The van der Waals surface area contributed by atoms with Gasteiger partial charge in [-0.25, -0.2) is 0 Å². The van der Waals surface area contributed by atoms with Crippen molar-refractivity contribution in [3.63, 3.8) is 0 Å². The minimum atomic E-state index is -0.795. The molecule has 0 bridgehead atoms. The number of carbonyl (C=O) groups excluding carboxylic acids is 1. The fourth-order valence-corrected chi connectivity index (χ4v) is 2.20. The van der Waals surface area contributed by atoms with Crippen LogP contribution in [0.5, 0.6) is 0 Å². The van der Waals surface area contributed by atoms with Gasteiger partial charge in [-0.2, -0.15) is 0 Å². The number of hydrogen-bond acceptors (Lipinski definition) is 5. The fraction of sp³-hybridized carbons (Fsp3) is 0.583. The molecule has 1 saturated heterocycles. The van der Waals surface area contributed by atoms with Crippen molar-refractivity contribution >= 4 is 17.8 Å². The van der Waals surface area contributed by atoms with Gasteiger partial charge >= 0.3 is 5.97 Å². The standard InChI is InChI=1S/C12H17N3O4/c1-8-5-11(19-14-8)13-10(16)7-15-4-2-3-9(6-15)12(17)18/h5,9H,2-4,6-7H2,1H3,(H,13,16)(H,17,18). The Morgan fingerprint density at radius 3 is 3.05 bits per heavy atom. The molecule has 0 aliphatic carbocycles. The summed E-state index contributed by atoms with van der Waals surface area (Å²) < 4.78 is 4.89. The molecule has 0 radical (unpaired) electrons. The molecule has 1 atom stereocenters. The van der Waals surface area contributed by atoms with Crippen molar-refractivity contribution in [1.29, 1.82) is 0 Å². The van der Waals surface area contributed by atoms with Crippen molar-refractivity contribution in [2.75, 3.05) is 25.0 Å². The van der Waals surface area contributed by atoms with Gasteiger partial charge in [-0.05, 0) is 26.3 Å². The maximum atomic E-state index is 11.8. The van der Waals surface area contributed by atoms with E-state index in [1.54, 1.807) is 13.0 Å². The molecule has 7 heteroatoms. The summed E-state index contributed by atoms with van der Waals surface area (Å²) in [5.41, 5.74) is 0.694. The van der Waals surface area contributed by atoms with Gasteiger partial charge in [0.25, 0.3) is 0 Å². The molecule has 1 aromatic heterocycles. The second-order valence-corrected chi connectivity index (χ2v) is 4.79. The van der Waals surface area contributed by atoms with Gasteiger partial charge in [0.05, 0.1) is 18.2 Å². The Bertz CT molecular complexity index is 471. The highest BCUT2D eigenvalue weighted by atomic mass is 16.5. The minimum Gasteiger partial charge on any atom is -0.481 e. The molecule has 0 aromatic carbocycles. The number of nitrogens with zero attached hydrogens (tertiary/aromatic N) is 2. The normalized spacial score (nSPS) is 20.2. The molecule has 2 heterocycles. The summed E-state index contributed by atoms with van der Waals surface area (Å²) in [5, 5.41) is 15.2. The number of rotatable bonds is 4. The number of amides is 1. The summed E-state index contributed by atoms with van der Waals surface area (Å²) in [7, 11) is 0. The van der Waals surface area contributed by atoms with Crippen LogP contribution in [0.2, 0.25) is 0 Å². The van der Waals surface area contributed by atoms with E-state index in [0.717, 1.165) is 13.0 Å². The average molecular weight is 267 g/mol. The van der Waals surface area contributed by atoms with Crippen LogP contribution >= 0.6 is 0 Å². The zero-order valence-corrected chi connectivity index (χ0v) is 10.8. The first-order chi connectivity index (χ1) is 9.04. The van der Waals surface area contributed by atoms with Crippen LogP contribution in [0.3, 0.4) is 0 Å². The molecule has 0 spiro atoms. The largest absolute Gasteiger partial charge is 0.481 e. The zero-order valence-electron chi connectivity index (χ0n) is 10.8. The van der Waals surface area contributed by atoms with Crippen molar-refractivity contribution in [1.82, 2.24) is 10.1 Å². The van der Waals surface area contributed by atoms with Crippen LogP contribution in [0, 0.1) is 12.8 Å². The van der Waals surface area contributed by atoms with Crippen molar-refractivity contribution in [3.8, 4) is 0 Å². The minimum absolute atomic E-state index is 0.170. The molecule has 104 valence electrons. The molecule has 1 amide bonds. The van der Waals surface area contributed by atoms with Crippen molar-refractivity contribution in [3.05, 3.63) is 11.8 Å². The van der Waals surface area contributed by atoms with Crippen LogP contribution in [-0.4, -0.2) is 46.7 Å². The topological polar surface area (TPSA) is 95.7 Å². The molecular formula is C12H17N3O4. The second-order valence-electron chi connectivity index (χ2n) is 4.79. The molecule has 1 aliphatic heterocycles. The summed E-state index contributed by atoms with van der Waals surface area (Å²) in [6, 6.07) is 1.63. The van der Waals surface area contributed by atoms with E-state index >= 15 is 0 Å². The lowest BCUT2D eigenvalue weighted by Crippen LogP contribution is -2.42. The number of anilines is 1. The molecule has 1 fully saturated rings. The van der Waals surface area contributed by atoms with Crippen LogP contribution < -0.4 is 5.32 Å². The second kappa shape index (κ2) is 5.83. The number of aliphatic carboxylic acids is 1. The molecule has 0 saturated carbocycles. The summed E-state index contributed by atoms with van der Waals surface area (Å²) in [6.07, 6.45) is 1.47. The highest BCUT2D eigenvalue weighted by Crippen LogP contribution is 2.16. The molecular weight excluding hydrogens is 250 g/mol. The predicted octanol–water partition coefficient (Wildman–Crippen LogP) is 0.718. The number of hydrogen-bond donors (Lipinski definition) is 2. The Labute approximate surface area is 110 Å². The monoisotopic (exact) mass is 267 g/mol. The number of carboxylic acid groups (broad SMARTS) is 1. The summed E-state index contributed by atoms with van der Waals surface area (Å²) in [5.74, 6) is -1.08. The van der Waals surface area contributed by atoms with E-state index in [0.29, 0.717) is 24.5 Å². The lowest BCUT2D eigenvalue weighted by atomic mass is 9.98. The van der Waals surface area contributed by atoms with Gasteiger partial charge in [0.2, 0.25) is 11.8 Å². The summed E-state index contributed by atoms with van der Waals surface area (Å²) in [6.45, 7) is 3.09. The Morgan fingerprint density at radius 1 is 1.63 bits per heavy atom. The van der Waals surface area contributed by atoms with Gasteiger partial charge in [0.15, 0.2) is 0 Å². The van der Waals surface area contributed by atoms with E-state index in [1.165, 1.54) is 0 Å². The number of aromatic nitrogens is 1. The van der Waals surface area contributed by atoms with Crippen LogP contribution in [0.15, 0.2) is 10.6 Å². The maximum Gasteiger partial charge on any atom is 0.307 e. The predicted molar refractivity (Wildman–Crippen MR) is 66.7 cm³/mol. The van der Waals surface area contributed by atoms with Crippen LogP contribution in [0.1, 0.15) is 18.5 Å². The molecule has 2 rings (SSSR count). The highest BCUT2D eigenvalue weighted by molar-refractivity contribution is 5.91. The molecule has 2 N–H and O–H groups in total. The van der Waals surface area contributed by atoms with Crippen LogP contribution in [0.4, 0.5) is 5.88 Å². The molecule has 1 aromatic rings. The third kappa shape index (κ3) is 3.78. The molecule has 7 nitrogen and oxygen atoms in total. The van der Waals surface area contributed by atoms with E-state index in [1.807, 2.05) is 4.90 Å². The first-order valence-corrected chi connectivity index (χ1v) is 6.23. The number of nitrogens with one attached hydrogen (secondary N) is 1. The smallest absolute Gasteiger partial charge is 0.307 e. The molecule has 1 aliphatic rings. The lowest BCUT2D eigenvalue weighted by molar-refractivity contribution is -0.144. The van der Waals surface area contributed by atoms with Gasteiger partial charge in [-0.1, -0.05) is 5.16 Å². The number of likely N-dealkylation sites (tertiary alicyclic amines) is 1. The zero-order chi connectivity index (χ0) is 13.8. The van der Waals surface area contributed by atoms with Gasteiger partial charge in [-0.15, -0.1) is 0 Å². The first-order valence-electron chi connectivity index (χ1n) is 6.23. The highest BCUT2D eigenvalue weighted by Gasteiger charge is 2.26. The van der Waals surface area contributed by atoms with E-state index in [2.05, 4.69) is 10.5 Å². The SMILES string of the molecule is Cc1cc(NC(=O)CN2CCCC(C(=O)O)C2)on1. The van der Waals surface area contributed by atoms with Gasteiger partial charge in [0.1, 0.15) is 0 Å². The third-order valence-electron chi connectivity index (χ3n) is 3.11. The van der Waals surface area contributed by atoms with Gasteiger partial charge < -0.3 is 9.63 Å². The van der Waals surface area contributed by atoms with E-state index in [9.17, 15) is 9.59 Å². The Hall–Kier alpha value is -1.89. The van der Waals surface area contributed by atoms with Gasteiger partial charge in [0, 0.05) is 12.6 Å². The van der Waals surface area contributed by atoms with Gasteiger partial charge in [-0.3, -0.25) is 19.8 Å². The Kier molecular flexibility index (Phi) is 4.16. The Balaban J connectivity index is 1.83. The van der Waals surface area contributed by atoms with Crippen molar-refractivity contribution < 1.29 is 19.2 Å². The first kappa shape index (κ1) is 13.5. The van der Waals surface area contributed by atoms with E-state index in [4.69, 9.17) is 9.63 Å². The third-order valence-corrected chi connectivity index (χ3v) is 3.11. The lowest BCUT2D eigenvalue weighted by Gasteiger charge is -2.29. The average Bonchev–Trinajstić information content (AvgIpc) is 2.74. The van der Waals surface area contributed by atoms with Crippen LogP contribution in [-0.2, 0) is 9.59 Å². The number of carboxylic acids is 1. The van der Waals surface area contributed by atoms with E-state index in [-0.39, 0.29) is 18.4 Å². The fourth-order valence-electron chi connectivity index (χ4n) is 2.20. The maximum absolute atomic E-state index is 11.8. The number of aryl methyl sites for hydroxylation is 1. The van der Waals surface area contributed by atoms with E-state index < -0.39 is 5.97 Å². The van der Waals surface area contributed by atoms with Crippen LogP contribution in [0.25, 0.3) is 0 Å². The Morgan fingerprint density at radius 2 is 2.42 bits per heavy atom. The molecule has 1 unspecified atom stereocenters. The summed E-state index contributed by atoms with van der Waals surface area (Å²) >= 11 is 0. The van der Waals surface area contributed by atoms with Crippen molar-refractivity contribution in [2.45, 2.75) is 19.8 Å². The van der Waals surface area contributed by atoms with Crippen molar-refractivity contribution in [2.24, 2.45) is 5.92 Å². The molecule has 19 heavy (non-hydrogen) atoms. The number of piperidine rings is 1. The quantitative estimate of drug-likeness (QED) is 0.834.